The minimum absolute atomic E-state index is 0.0217. The first-order valence-electron chi connectivity index (χ1n) is 30.3. The number of carbonyl (C=O) groups is 4. The molecule has 0 aromatic heterocycles. The van der Waals surface area contributed by atoms with Crippen LogP contribution in [0.4, 0.5) is 0 Å². The Balaban J connectivity index is -0.00000236. The fraction of sp³-hybridized carbons (Fsp3) is 0.672. The van der Waals surface area contributed by atoms with Crippen molar-refractivity contribution in [2.75, 3.05) is 26.4 Å². The highest BCUT2D eigenvalue weighted by atomic mass is 16.6. The molecule has 0 aromatic carbocycles. The van der Waals surface area contributed by atoms with E-state index in [0.717, 1.165) is 77.0 Å². The van der Waals surface area contributed by atoms with Gasteiger partial charge in [-0.15, -0.1) is 0 Å². The van der Waals surface area contributed by atoms with Crippen molar-refractivity contribution in [2.24, 2.45) is 0 Å². The van der Waals surface area contributed by atoms with Gasteiger partial charge in [0.25, 0.3) is 6.47 Å². The van der Waals surface area contributed by atoms with E-state index < -0.39 is 17.1 Å². The highest BCUT2D eigenvalue weighted by molar-refractivity contribution is 5.70. The number of unbranched alkanes of at least 4 members (excludes halogenated alkanes) is 21. The number of carbonyl (C=O) groups excluding carboxylic acids is 4. The molecule has 0 aliphatic rings. The van der Waals surface area contributed by atoms with Crippen LogP contribution in [0, 0.1) is 0 Å². The Bertz CT molecular complexity index is 1520. The molecule has 0 aromatic rings. The molecule has 9 heteroatoms. The Morgan fingerprint density at radius 3 is 1.08 bits per heavy atom. The fourth-order valence-electron chi connectivity index (χ4n) is 7.29. The lowest BCUT2D eigenvalue weighted by Gasteiger charge is -2.33. The molecule has 0 bridgehead atoms. The highest BCUT2D eigenvalue weighted by Crippen LogP contribution is 2.15. The molecular formula is C67H115NO8. The van der Waals surface area contributed by atoms with Crippen molar-refractivity contribution in [2.45, 2.75) is 266 Å². The van der Waals surface area contributed by atoms with Crippen molar-refractivity contribution in [3.63, 3.8) is 0 Å². The van der Waals surface area contributed by atoms with Crippen molar-refractivity contribution in [3.05, 3.63) is 109 Å². The number of allylic oxidation sites excluding steroid dienone is 18. The van der Waals surface area contributed by atoms with Gasteiger partial charge in [-0.25, -0.2) is 0 Å². The molecule has 76 heavy (non-hydrogen) atoms. The molecule has 436 valence electrons. The first kappa shape index (κ1) is 75.7. The van der Waals surface area contributed by atoms with Crippen molar-refractivity contribution in [1.29, 1.82) is 0 Å². The van der Waals surface area contributed by atoms with E-state index >= 15 is 0 Å². The third-order valence-corrected chi connectivity index (χ3v) is 11.6. The minimum atomic E-state index is -1.23. The quantitative estimate of drug-likeness (QED) is 0.0209. The number of ether oxygens (including phenoxy) is 4. The van der Waals surface area contributed by atoms with Gasteiger partial charge in [0.2, 0.25) is 0 Å². The molecule has 0 radical (unpaired) electrons. The van der Waals surface area contributed by atoms with Crippen LogP contribution in [0.1, 0.15) is 255 Å². The van der Waals surface area contributed by atoms with Gasteiger partial charge < -0.3 is 24.3 Å². The second-order valence-corrected chi connectivity index (χ2v) is 20.2. The summed E-state index contributed by atoms with van der Waals surface area (Å²) >= 11 is 0. The summed E-state index contributed by atoms with van der Waals surface area (Å²) in [4.78, 5) is 49.2. The Morgan fingerprint density at radius 2 is 0.724 bits per heavy atom. The highest BCUT2D eigenvalue weighted by Gasteiger charge is 2.35. The van der Waals surface area contributed by atoms with E-state index in [4.69, 9.17) is 18.9 Å². The predicted molar refractivity (Wildman–Crippen MR) is 325 cm³/mol. The Labute approximate surface area is 467 Å². The van der Waals surface area contributed by atoms with Gasteiger partial charge in [-0.3, -0.25) is 19.2 Å². The summed E-state index contributed by atoms with van der Waals surface area (Å²) in [5.74, 6) is -1.18. The van der Waals surface area contributed by atoms with Crippen LogP contribution >= 0.6 is 0 Å². The maximum Gasteiger partial charge on any atom is 0.307 e. The Hall–Kier alpha value is -4.50. The van der Waals surface area contributed by atoms with Gasteiger partial charge in [-0.05, 0) is 91.4 Å². The van der Waals surface area contributed by atoms with Crippen LogP contribution in [0.15, 0.2) is 109 Å². The lowest BCUT2D eigenvalue weighted by molar-refractivity contribution is -0.158. The second-order valence-electron chi connectivity index (χ2n) is 20.2. The van der Waals surface area contributed by atoms with E-state index in [1.165, 1.54) is 83.5 Å². The summed E-state index contributed by atoms with van der Waals surface area (Å²) < 4.78 is 21.8. The molecule has 9 nitrogen and oxygen atoms in total. The van der Waals surface area contributed by atoms with E-state index in [0.29, 0.717) is 19.3 Å². The minimum Gasteiger partial charge on any atom is -0.466 e. The maximum atomic E-state index is 12.8. The topological polar surface area (TPSA) is 117 Å². The standard InChI is InChI=1S/C48H79NO8.C17H30.C2H6/c1-6-8-10-12-14-16-18-20-22-24-26-28-30-32-34-36-44(51)55-41-48(40-54-43-50,49-39-38-46(53)57-47(3,4)5)42-56-45(52)37-35-33-31-29-27-25-23-21-19-17-15-13-11-9-7-2;1-3-5-7-9-11-13-15-17-16-14-12-10-8-6-4-2;1-2/h12-23,43,49H,6-11,24-42H2,1-5H3;7,9,11,13,15,17H,3-6,8,10,12,14,16H2,1-2H3;1-2H3/b14-12+,15-13+,18-16+,19-17+,22-20+,23-21+;9-7+,13-11+,17-15+;. The molecule has 0 aliphatic carbocycles. The third kappa shape index (κ3) is 62.0. The molecule has 0 saturated heterocycles. The fourth-order valence-corrected chi connectivity index (χ4v) is 7.29. The molecule has 1 N–H and O–H groups in total. The number of nitrogens with one attached hydrogen (secondary N) is 1. The Kier molecular flexibility index (Phi) is 61.1. The maximum absolute atomic E-state index is 12.8. The van der Waals surface area contributed by atoms with Crippen LogP contribution in [0.2, 0.25) is 0 Å². The number of hydrogen-bond acceptors (Lipinski definition) is 9. The summed E-state index contributed by atoms with van der Waals surface area (Å²) in [6.45, 7) is 18.1. The Morgan fingerprint density at radius 1 is 0.382 bits per heavy atom. The average molecular weight is 1060 g/mol. The van der Waals surface area contributed by atoms with Gasteiger partial charge in [-0.1, -0.05) is 254 Å². The normalized spacial score (nSPS) is 12.3. The molecular weight excluding hydrogens is 947 g/mol. The van der Waals surface area contributed by atoms with Crippen LogP contribution in [0.5, 0.6) is 0 Å². The molecule has 0 unspecified atom stereocenters. The van der Waals surface area contributed by atoms with E-state index in [2.05, 4.69) is 142 Å². The lowest BCUT2D eigenvalue weighted by Crippen LogP contribution is -2.57. The van der Waals surface area contributed by atoms with Gasteiger partial charge in [0.1, 0.15) is 31.0 Å². The van der Waals surface area contributed by atoms with Crippen molar-refractivity contribution < 1.29 is 38.1 Å². The zero-order valence-corrected chi connectivity index (χ0v) is 50.3. The molecule has 0 saturated carbocycles. The van der Waals surface area contributed by atoms with E-state index in [9.17, 15) is 19.2 Å². The summed E-state index contributed by atoms with van der Waals surface area (Å²) in [5.41, 5.74) is -1.87. The van der Waals surface area contributed by atoms with Crippen LogP contribution in [0.25, 0.3) is 0 Å². The summed E-state index contributed by atoms with van der Waals surface area (Å²) in [5, 5.41) is 3.17. The van der Waals surface area contributed by atoms with Crippen LogP contribution < -0.4 is 5.32 Å². The first-order chi connectivity index (χ1) is 37.0. The SMILES string of the molecule is CC.CCC/C=C/C=C/C=C/CCCCCCCC.CCCC/C=C/C=C/C=C/CCCCCCCC(=O)OCC(COC=O)(COC(=O)CCCCCCC/C=C/C=C/C=C/CCCC)NCCC(=O)OC(C)(C)C. The molecule has 0 amide bonds. The monoisotopic (exact) mass is 1060 g/mol. The molecule has 0 atom stereocenters. The van der Waals surface area contributed by atoms with E-state index in [1.54, 1.807) is 20.8 Å². The lowest BCUT2D eigenvalue weighted by atomic mass is 10.0. The van der Waals surface area contributed by atoms with Crippen LogP contribution in [-0.4, -0.2) is 61.9 Å². The number of rotatable bonds is 48. The molecule has 0 aliphatic heterocycles. The average Bonchev–Trinajstić information content (AvgIpc) is 3.40. The van der Waals surface area contributed by atoms with Gasteiger partial charge in [0.05, 0.1) is 6.42 Å². The van der Waals surface area contributed by atoms with Gasteiger partial charge in [0, 0.05) is 19.4 Å². The van der Waals surface area contributed by atoms with Crippen LogP contribution in [0.3, 0.4) is 0 Å². The van der Waals surface area contributed by atoms with Crippen molar-refractivity contribution in [3.8, 4) is 0 Å². The number of hydrogen-bond donors (Lipinski definition) is 1. The van der Waals surface area contributed by atoms with E-state index in [-0.39, 0.29) is 57.6 Å². The van der Waals surface area contributed by atoms with Gasteiger partial charge in [-0.2, -0.15) is 0 Å². The zero-order valence-electron chi connectivity index (χ0n) is 50.3. The van der Waals surface area contributed by atoms with Gasteiger partial charge in [0.15, 0.2) is 0 Å². The van der Waals surface area contributed by atoms with E-state index in [1.807, 2.05) is 13.8 Å². The smallest absolute Gasteiger partial charge is 0.307 e. The molecule has 0 fully saturated rings. The summed E-state index contributed by atoms with van der Waals surface area (Å²) in [7, 11) is 0. The second kappa shape index (κ2) is 61.4. The first-order valence-corrected chi connectivity index (χ1v) is 30.3. The summed E-state index contributed by atoms with van der Waals surface area (Å²) in [6, 6.07) is 0. The largest absolute Gasteiger partial charge is 0.466 e. The van der Waals surface area contributed by atoms with Crippen molar-refractivity contribution >= 4 is 24.4 Å². The van der Waals surface area contributed by atoms with Gasteiger partial charge >= 0.3 is 17.9 Å². The molecule has 0 rings (SSSR count). The predicted octanol–water partition coefficient (Wildman–Crippen LogP) is 18.7. The third-order valence-electron chi connectivity index (χ3n) is 11.6. The molecule has 0 heterocycles. The zero-order chi connectivity index (χ0) is 56.7. The molecule has 0 spiro atoms. The number of esters is 3. The summed E-state index contributed by atoms with van der Waals surface area (Å²) in [6.07, 6.45) is 69.8. The van der Waals surface area contributed by atoms with Crippen molar-refractivity contribution in [1.82, 2.24) is 5.32 Å². The van der Waals surface area contributed by atoms with Crippen LogP contribution in [-0.2, 0) is 38.1 Å².